The number of primary amides is 1. The maximum absolute atomic E-state index is 12.2. The molecule has 1 saturated heterocycles. The summed E-state index contributed by atoms with van der Waals surface area (Å²) in [6.07, 6.45) is 3.47. The first-order valence-corrected chi connectivity index (χ1v) is 7.96. The van der Waals surface area contributed by atoms with Gasteiger partial charge in [-0.3, -0.25) is 18.9 Å². The lowest BCUT2D eigenvalue weighted by Crippen LogP contribution is -2.25. The van der Waals surface area contributed by atoms with E-state index >= 15 is 0 Å². The van der Waals surface area contributed by atoms with Crippen LogP contribution >= 0.6 is 0 Å². The molecule has 0 saturated carbocycles. The van der Waals surface area contributed by atoms with Gasteiger partial charge in [0.05, 0.1) is 11.7 Å². The summed E-state index contributed by atoms with van der Waals surface area (Å²) < 4.78 is 6.68. The van der Waals surface area contributed by atoms with E-state index in [-0.39, 0.29) is 17.4 Å². The van der Waals surface area contributed by atoms with Gasteiger partial charge in [0, 0.05) is 18.8 Å². The van der Waals surface area contributed by atoms with Gasteiger partial charge in [0.25, 0.3) is 17.3 Å². The molecule has 1 aliphatic rings. The summed E-state index contributed by atoms with van der Waals surface area (Å²) in [5.41, 5.74) is 6.33. The SMILES string of the molecule is NC(=O)c1noc([C@H]2CCCN2Cc2cc(=O)n3ccccc3n2)n1. The average Bonchev–Trinajstić information content (AvgIpc) is 3.24. The van der Waals surface area contributed by atoms with Gasteiger partial charge < -0.3 is 10.3 Å². The van der Waals surface area contributed by atoms with Crippen LogP contribution in [0.3, 0.4) is 0 Å². The topological polar surface area (TPSA) is 120 Å². The molecular weight excluding hydrogens is 324 g/mol. The van der Waals surface area contributed by atoms with Crippen LogP contribution in [0.5, 0.6) is 0 Å². The summed E-state index contributed by atoms with van der Waals surface area (Å²) in [6.45, 7) is 1.30. The number of nitrogens with two attached hydrogens (primary N) is 1. The normalized spacial score (nSPS) is 18.0. The number of likely N-dealkylation sites (tertiary alicyclic amines) is 1. The van der Waals surface area contributed by atoms with Crippen molar-refractivity contribution in [2.75, 3.05) is 6.54 Å². The molecule has 0 bridgehead atoms. The van der Waals surface area contributed by atoms with Gasteiger partial charge in [-0.05, 0) is 31.5 Å². The number of hydrogen-bond acceptors (Lipinski definition) is 7. The third kappa shape index (κ3) is 2.89. The smallest absolute Gasteiger partial charge is 0.290 e. The Balaban J connectivity index is 1.61. The number of pyridine rings is 1. The molecule has 0 unspecified atom stereocenters. The van der Waals surface area contributed by atoms with Crippen LogP contribution in [0.25, 0.3) is 5.65 Å². The number of hydrogen-bond donors (Lipinski definition) is 1. The Morgan fingerprint density at radius 3 is 3.04 bits per heavy atom. The summed E-state index contributed by atoms with van der Waals surface area (Å²) in [5.74, 6) is -0.475. The first kappa shape index (κ1) is 15.5. The molecule has 4 rings (SSSR count). The molecule has 0 aliphatic carbocycles. The van der Waals surface area contributed by atoms with Crippen LogP contribution in [-0.4, -0.2) is 36.9 Å². The predicted octanol–water partition coefficient (Wildman–Crippen LogP) is 0.513. The lowest BCUT2D eigenvalue weighted by molar-refractivity contribution is 0.0987. The van der Waals surface area contributed by atoms with Crippen molar-refractivity contribution in [2.45, 2.75) is 25.4 Å². The maximum Gasteiger partial charge on any atom is 0.290 e. The van der Waals surface area contributed by atoms with Crippen molar-refractivity contribution >= 4 is 11.6 Å². The Morgan fingerprint density at radius 2 is 2.24 bits per heavy atom. The van der Waals surface area contributed by atoms with Crippen LogP contribution in [0, 0.1) is 0 Å². The fourth-order valence-corrected chi connectivity index (χ4v) is 3.16. The predicted molar refractivity (Wildman–Crippen MR) is 86.7 cm³/mol. The third-order valence-corrected chi connectivity index (χ3v) is 4.30. The number of carbonyl (C=O) groups excluding carboxylic acids is 1. The maximum atomic E-state index is 12.2. The number of aromatic nitrogens is 4. The lowest BCUT2D eigenvalue weighted by atomic mass is 10.2. The highest BCUT2D eigenvalue weighted by Gasteiger charge is 2.31. The van der Waals surface area contributed by atoms with Crippen molar-refractivity contribution in [2.24, 2.45) is 5.73 Å². The van der Waals surface area contributed by atoms with E-state index in [0.717, 1.165) is 19.4 Å². The highest BCUT2D eigenvalue weighted by molar-refractivity contribution is 5.88. The number of nitrogens with zero attached hydrogens (tertiary/aromatic N) is 5. The third-order valence-electron chi connectivity index (χ3n) is 4.30. The number of rotatable bonds is 4. The number of fused-ring (bicyclic) bond motifs is 1. The molecule has 4 heterocycles. The summed E-state index contributed by atoms with van der Waals surface area (Å²) in [7, 11) is 0. The number of amides is 1. The molecule has 9 nitrogen and oxygen atoms in total. The van der Waals surface area contributed by atoms with Crippen molar-refractivity contribution in [3.8, 4) is 0 Å². The van der Waals surface area contributed by atoms with Crippen molar-refractivity contribution in [1.29, 1.82) is 0 Å². The van der Waals surface area contributed by atoms with Crippen LogP contribution in [0.1, 0.15) is 41.1 Å². The fraction of sp³-hybridized carbons (Fsp3) is 0.312. The minimum absolute atomic E-state index is 0.114. The quantitative estimate of drug-likeness (QED) is 0.735. The van der Waals surface area contributed by atoms with Crippen molar-refractivity contribution < 1.29 is 9.32 Å². The molecule has 9 heteroatoms. The largest absolute Gasteiger partial charge is 0.363 e. The molecule has 0 spiro atoms. The summed E-state index contributed by atoms with van der Waals surface area (Å²) in [5, 5.41) is 3.60. The van der Waals surface area contributed by atoms with Crippen LogP contribution in [0.4, 0.5) is 0 Å². The highest BCUT2D eigenvalue weighted by Crippen LogP contribution is 2.31. The van der Waals surface area contributed by atoms with Gasteiger partial charge in [-0.15, -0.1) is 0 Å². The van der Waals surface area contributed by atoms with E-state index < -0.39 is 5.91 Å². The van der Waals surface area contributed by atoms with E-state index in [1.54, 1.807) is 18.3 Å². The summed E-state index contributed by atoms with van der Waals surface area (Å²) in [6, 6.07) is 6.84. The Labute approximate surface area is 142 Å². The van der Waals surface area contributed by atoms with Gasteiger partial charge in [0.1, 0.15) is 5.65 Å². The molecule has 2 N–H and O–H groups in total. The minimum Gasteiger partial charge on any atom is -0.363 e. The second kappa shape index (κ2) is 6.10. The van der Waals surface area contributed by atoms with Crippen LogP contribution in [0.15, 0.2) is 39.8 Å². The lowest BCUT2D eigenvalue weighted by Gasteiger charge is -2.20. The second-order valence-corrected chi connectivity index (χ2v) is 5.96. The van der Waals surface area contributed by atoms with E-state index in [1.807, 2.05) is 6.07 Å². The van der Waals surface area contributed by atoms with E-state index in [4.69, 9.17) is 10.3 Å². The zero-order chi connectivity index (χ0) is 17.4. The first-order valence-electron chi connectivity index (χ1n) is 7.96. The Morgan fingerprint density at radius 1 is 1.36 bits per heavy atom. The van der Waals surface area contributed by atoms with Gasteiger partial charge in [-0.25, -0.2) is 4.98 Å². The zero-order valence-corrected chi connectivity index (χ0v) is 13.3. The monoisotopic (exact) mass is 340 g/mol. The van der Waals surface area contributed by atoms with Gasteiger partial charge in [0.15, 0.2) is 0 Å². The van der Waals surface area contributed by atoms with Crippen LogP contribution in [0.2, 0.25) is 0 Å². The Hall–Kier alpha value is -3.07. The molecule has 1 fully saturated rings. The van der Waals surface area contributed by atoms with Crippen LogP contribution < -0.4 is 11.3 Å². The van der Waals surface area contributed by atoms with Crippen molar-refractivity contribution in [3.63, 3.8) is 0 Å². The highest BCUT2D eigenvalue weighted by atomic mass is 16.5. The van der Waals surface area contributed by atoms with Crippen molar-refractivity contribution in [3.05, 3.63) is 58.2 Å². The van der Waals surface area contributed by atoms with E-state index in [2.05, 4.69) is 20.0 Å². The zero-order valence-electron chi connectivity index (χ0n) is 13.3. The van der Waals surface area contributed by atoms with E-state index in [1.165, 1.54) is 10.5 Å². The molecule has 128 valence electrons. The van der Waals surface area contributed by atoms with Crippen LogP contribution in [-0.2, 0) is 6.54 Å². The fourth-order valence-electron chi connectivity index (χ4n) is 3.16. The molecule has 3 aromatic rings. The van der Waals surface area contributed by atoms with Crippen molar-refractivity contribution in [1.82, 2.24) is 24.4 Å². The first-order chi connectivity index (χ1) is 12.1. The average molecular weight is 340 g/mol. The molecule has 1 atom stereocenters. The summed E-state index contributed by atoms with van der Waals surface area (Å²) >= 11 is 0. The second-order valence-electron chi connectivity index (χ2n) is 5.96. The van der Waals surface area contributed by atoms with Gasteiger partial charge in [-0.2, -0.15) is 4.98 Å². The number of carbonyl (C=O) groups is 1. The molecular formula is C16H16N6O3. The van der Waals surface area contributed by atoms with Gasteiger partial charge in [-0.1, -0.05) is 11.2 Å². The molecule has 1 amide bonds. The molecule has 0 aromatic carbocycles. The van der Waals surface area contributed by atoms with E-state index in [9.17, 15) is 9.59 Å². The van der Waals surface area contributed by atoms with Gasteiger partial charge in [0.2, 0.25) is 5.89 Å². The standard InChI is InChI=1S/C16H16N6O3/c17-14(24)15-19-16(25-20-15)11-4-3-6-21(11)9-10-8-13(23)22-7-2-1-5-12(22)18-10/h1-2,5,7-8,11H,3-4,6,9H2,(H2,17,24)/t11-/m1/s1. The molecule has 0 radical (unpaired) electrons. The molecule has 25 heavy (non-hydrogen) atoms. The van der Waals surface area contributed by atoms with E-state index in [0.29, 0.717) is 23.8 Å². The Bertz CT molecular complexity index is 995. The minimum atomic E-state index is -0.719. The molecule has 3 aromatic heterocycles. The summed E-state index contributed by atoms with van der Waals surface area (Å²) in [4.78, 5) is 34.1. The molecule has 1 aliphatic heterocycles. The van der Waals surface area contributed by atoms with Gasteiger partial charge >= 0.3 is 0 Å². The Kier molecular flexibility index (Phi) is 3.77.